The molecule has 0 fully saturated rings. The van der Waals surface area contributed by atoms with E-state index in [1.165, 1.54) is 12.1 Å². The molecule has 0 aromatic heterocycles. The first kappa shape index (κ1) is 16.1. The summed E-state index contributed by atoms with van der Waals surface area (Å²) < 4.78 is 35.8. The first-order valence-electron chi connectivity index (χ1n) is 6.38. The van der Waals surface area contributed by atoms with Crippen molar-refractivity contribution in [2.24, 2.45) is 5.84 Å². The van der Waals surface area contributed by atoms with Crippen LogP contribution in [0.15, 0.2) is 24.3 Å². The largest absolute Gasteiger partial charge is 0.271 e. The normalized spacial score (nSPS) is 13.4. The van der Waals surface area contributed by atoms with Crippen molar-refractivity contribution in [2.45, 2.75) is 32.2 Å². The highest BCUT2D eigenvalue weighted by molar-refractivity contribution is 7.91. The Morgan fingerprint density at radius 3 is 2.74 bits per heavy atom. The molecule has 0 spiro atoms. The fourth-order valence-electron chi connectivity index (χ4n) is 1.89. The Kier molecular flexibility index (Phi) is 6.41. The van der Waals surface area contributed by atoms with Crippen LogP contribution < -0.4 is 11.3 Å². The van der Waals surface area contributed by atoms with Gasteiger partial charge in [0.1, 0.15) is 15.7 Å². The molecular weight excluding hydrogens is 267 g/mol. The Morgan fingerprint density at radius 1 is 1.42 bits per heavy atom. The number of benzene rings is 1. The molecule has 0 radical (unpaired) electrons. The van der Waals surface area contributed by atoms with Crippen molar-refractivity contribution >= 4 is 9.84 Å². The minimum absolute atomic E-state index is 0.0474. The molecule has 1 aromatic carbocycles. The van der Waals surface area contributed by atoms with E-state index in [0.29, 0.717) is 19.3 Å². The van der Waals surface area contributed by atoms with Crippen molar-refractivity contribution < 1.29 is 12.8 Å². The molecule has 0 aliphatic heterocycles. The van der Waals surface area contributed by atoms with Crippen LogP contribution in [0.2, 0.25) is 0 Å². The molecule has 0 saturated carbocycles. The van der Waals surface area contributed by atoms with Crippen LogP contribution in [0.3, 0.4) is 0 Å². The zero-order valence-corrected chi connectivity index (χ0v) is 11.9. The van der Waals surface area contributed by atoms with Crippen LogP contribution in [-0.2, 0) is 16.3 Å². The van der Waals surface area contributed by atoms with Crippen molar-refractivity contribution in [3.05, 3.63) is 35.6 Å². The lowest BCUT2D eigenvalue weighted by Gasteiger charge is -2.15. The minimum atomic E-state index is -2.93. The Balaban J connectivity index is 2.46. The molecule has 0 aliphatic rings. The molecule has 108 valence electrons. The average Bonchev–Trinajstić information content (AvgIpc) is 2.37. The summed E-state index contributed by atoms with van der Waals surface area (Å²) >= 11 is 0. The number of halogens is 1. The first-order valence-corrected chi connectivity index (χ1v) is 8.20. The van der Waals surface area contributed by atoms with Crippen molar-refractivity contribution in [3.8, 4) is 0 Å². The van der Waals surface area contributed by atoms with Crippen LogP contribution >= 0.6 is 0 Å². The second-order valence-electron chi connectivity index (χ2n) is 4.58. The zero-order valence-electron chi connectivity index (χ0n) is 11.1. The molecular formula is C13H21FN2O2S. The van der Waals surface area contributed by atoms with Gasteiger partial charge in [-0.1, -0.05) is 19.1 Å². The van der Waals surface area contributed by atoms with Gasteiger partial charge in [-0.3, -0.25) is 11.3 Å². The number of sulfone groups is 1. The average molecular weight is 288 g/mol. The van der Waals surface area contributed by atoms with E-state index in [4.69, 9.17) is 5.84 Å². The Labute approximate surface area is 114 Å². The maximum Gasteiger partial charge on any atom is 0.150 e. The predicted octanol–water partition coefficient (Wildman–Crippen LogP) is 1.42. The van der Waals surface area contributed by atoms with E-state index >= 15 is 0 Å². The Bertz CT molecular complexity index is 491. The lowest BCUT2D eigenvalue weighted by atomic mass is 10.0. The molecule has 1 atom stereocenters. The number of nitrogens with two attached hydrogens (primary N) is 1. The van der Waals surface area contributed by atoms with Gasteiger partial charge < -0.3 is 0 Å². The van der Waals surface area contributed by atoms with Crippen molar-refractivity contribution in [1.82, 2.24) is 5.43 Å². The summed E-state index contributed by atoms with van der Waals surface area (Å²) in [5.74, 6) is 5.51. The monoisotopic (exact) mass is 288 g/mol. The van der Waals surface area contributed by atoms with E-state index in [2.05, 4.69) is 5.43 Å². The van der Waals surface area contributed by atoms with E-state index in [1.807, 2.05) is 6.07 Å². The first-order chi connectivity index (χ1) is 8.96. The van der Waals surface area contributed by atoms with Gasteiger partial charge in [0, 0.05) is 11.8 Å². The van der Waals surface area contributed by atoms with Gasteiger partial charge in [0.05, 0.1) is 5.75 Å². The standard InChI is InChI=1S/C13H21FN2O2S/c1-2-19(17,18)8-4-7-13(16-15)10-11-5-3-6-12(14)9-11/h3,5-6,9,13,16H,2,4,7-8,10,15H2,1H3. The summed E-state index contributed by atoms with van der Waals surface area (Å²) in [4.78, 5) is 0. The van der Waals surface area contributed by atoms with Gasteiger partial charge in [-0.25, -0.2) is 12.8 Å². The summed E-state index contributed by atoms with van der Waals surface area (Å²) in [6.07, 6.45) is 1.78. The zero-order chi connectivity index (χ0) is 14.3. The third-order valence-corrected chi connectivity index (χ3v) is 4.84. The van der Waals surface area contributed by atoms with Gasteiger partial charge in [-0.15, -0.1) is 0 Å². The van der Waals surface area contributed by atoms with Crippen LogP contribution in [0, 0.1) is 5.82 Å². The fourth-order valence-corrected chi connectivity index (χ4v) is 2.78. The van der Waals surface area contributed by atoms with Crippen LogP contribution in [0.4, 0.5) is 4.39 Å². The maximum absolute atomic E-state index is 13.0. The second kappa shape index (κ2) is 7.57. The molecule has 0 saturated heterocycles. The third-order valence-electron chi connectivity index (χ3n) is 3.05. The van der Waals surface area contributed by atoms with Gasteiger partial charge in [0.2, 0.25) is 0 Å². The quantitative estimate of drug-likeness (QED) is 0.560. The maximum atomic E-state index is 13.0. The van der Waals surface area contributed by atoms with Crippen molar-refractivity contribution in [3.63, 3.8) is 0 Å². The molecule has 19 heavy (non-hydrogen) atoms. The summed E-state index contributed by atoms with van der Waals surface area (Å²) in [5, 5.41) is 0. The van der Waals surface area contributed by atoms with Crippen LogP contribution in [0.25, 0.3) is 0 Å². The third kappa shape index (κ3) is 6.13. The topological polar surface area (TPSA) is 72.2 Å². The molecule has 1 rings (SSSR count). The van der Waals surface area contributed by atoms with Crippen molar-refractivity contribution in [2.75, 3.05) is 11.5 Å². The van der Waals surface area contributed by atoms with E-state index < -0.39 is 9.84 Å². The summed E-state index contributed by atoms with van der Waals surface area (Å²) in [6.45, 7) is 1.64. The lowest BCUT2D eigenvalue weighted by molar-refractivity contribution is 0.483. The number of hydrogen-bond donors (Lipinski definition) is 2. The smallest absolute Gasteiger partial charge is 0.150 e. The van der Waals surface area contributed by atoms with Gasteiger partial charge in [0.25, 0.3) is 0 Å². The van der Waals surface area contributed by atoms with Crippen LogP contribution in [0.1, 0.15) is 25.3 Å². The Hall–Kier alpha value is -0.980. The molecule has 3 N–H and O–H groups in total. The molecule has 1 unspecified atom stereocenters. The number of hydrazine groups is 1. The molecule has 0 heterocycles. The summed E-state index contributed by atoms with van der Waals surface area (Å²) in [5.41, 5.74) is 3.51. The van der Waals surface area contributed by atoms with E-state index in [0.717, 1.165) is 5.56 Å². The highest BCUT2D eigenvalue weighted by atomic mass is 32.2. The van der Waals surface area contributed by atoms with Gasteiger partial charge in [0.15, 0.2) is 0 Å². The van der Waals surface area contributed by atoms with Gasteiger partial charge in [-0.05, 0) is 37.0 Å². The van der Waals surface area contributed by atoms with Crippen molar-refractivity contribution in [1.29, 1.82) is 0 Å². The molecule has 0 bridgehead atoms. The summed E-state index contributed by atoms with van der Waals surface area (Å²) in [6, 6.07) is 6.29. The molecule has 6 heteroatoms. The number of nitrogens with one attached hydrogen (secondary N) is 1. The van der Waals surface area contributed by atoms with Crippen LogP contribution in [0.5, 0.6) is 0 Å². The predicted molar refractivity (Wildman–Crippen MR) is 74.8 cm³/mol. The van der Waals surface area contributed by atoms with E-state index in [-0.39, 0.29) is 23.4 Å². The van der Waals surface area contributed by atoms with E-state index in [9.17, 15) is 12.8 Å². The molecule has 0 aliphatic carbocycles. The fraction of sp³-hybridized carbons (Fsp3) is 0.538. The SMILES string of the molecule is CCS(=O)(=O)CCCC(Cc1cccc(F)c1)NN. The Morgan fingerprint density at radius 2 is 2.16 bits per heavy atom. The molecule has 1 aromatic rings. The summed E-state index contributed by atoms with van der Waals surface area (Å²) in [7, 11) is -2.93. The molecule has 4 nitrogen and oxygen atoms in total. The highest BCUT2D eigenvalue weighted by Crippen LogP contribution is 2.10. The number of rotatable bonds is 8. The van der Waals surface area contributed by atoms with Gasteiger partial charge in [-0.2, -0.15) is 0 Å². The molecule has 0 amide bonds. The highest BCUT2D eigenvalue weighted by Gasteiger charge is 2.12. The lowest BCUT2D eigenvalue weighted by Crippen LogP contribution is -2.37. The van der Waals surface area contributed by atoms with Gasteiger partial charge >= 0.3 is 0 Å². The van der Waals surface area contributed by atoms with Crippen LogP contribution in [-0.4, -0.2) is 26.0 Å². The minimum Gasteiger partial charge on any atom is -0.271 e. The van der Waals surface area contributed by atoms with E-state index in [1.54, 1.807) is 13.0 Å². The number of hydrogen-bond acceptors (Lipinski definition) is 4. The second-order valence-corrected chi connectivity index (χ2v) is 7.05.